The first-order valence-electron chi connectivity index (χ1n) is 5.55. The monoisotopic (exact) mass is 309 g/mol. The number of esters is 2. The van der Waals surface area contributed by atoms with Crippen LogP contribution in [0.4, 0.5) is 0 Å². The van der Waals surface area contributed by atoms with Gasteiger partial charge < -0.3 is 9.47 Å². The molecule has 20 heavy (non-hydrogen) atoms. The molecule has 104 valence electrons. The predicted molar refractivity (Wildman–Crippen MR) is 77.6 cm³/mol. The van der Waals surface area contributed by atoms with Crippen molar-refractivity contribution in [1.29, 1.82) is 0 Å². The molecule has 0 amide bonds. The summed E-state index contributed by atoms with van der Waals surface area (Å²) in [6, 6.07) is 7.64. The van der Waals surface area contributed by atoms with Gasteiger partial charge >= 0.3 is 11.9 Å². The summed E-state index contributed by atoms with van der Waals surface area (Å²) in [6.45, 7) is 0. The maximum atomic E-state index is 11.6. The number of aromatic nitrogens is 1. The zero-order valence-electron chi connectivity index (χ0n) is 10.8. The van der Waals surface area contributed by atoms with Crippen LogP contribution < -0.4 is 0 Å². The van der Waals surface area contributed by atoms with E-state index in [1.54, 1.807) is 0 Å². The van der Waals surface area contributed by atoms with Crippen LogP contribution in [0.25, 0.3) is 10.2 Å². The van der Waals surface area contributed by atoms with Crippen molar-refractivity contribution in [2.75, 3.05) is 14.2 Å². The molecular weight excluding hydrogens is 298 g/mol. The molecule has 0 fully saturated rings. The van der Waals surface area contributed by atoms with Crippen LogP contribution in [0.2, 0.25) is 0 Å². The Morgan fingerprint density at radius 2 is 2.00 bits per heavy atom. The van der Waals surface area contributed by atoms with E-state index in [9.17, 15) is 9.59 Å². The van der Waals surface area contributed by atoms with E-state index in [1.807, 2.05) is 24.3 Å². The predicted octanol–water partition coefficient (Wildman–Crippen LogP) is 2.62. The van der Waals surface area contributed by atoms with Gasteiger partial charge in [0, 0.05) is 6.08 Å². The number of hydrogen-bond acceptors (Lipinski definition) is 7. The summed E-state index contributed by atoms with van der Waals surface area (Å²) in [5, 5.41) is 0. The Bertz CT molecular complexity index is 645. The van der Waals surface area contributed by atoms with Crippen molar-refractivity contribution in [1.82, 2.24) is 4.98 Å². The van der Waals surface area contributed by atoms with Crippen molar-refractivity contribution in [3.8, 4) is 0 Å². The summed E-state index contributed by atoms with van der Waals surface area (Å²) in [7, 11) is 2.50. The Hall–Kier alpha value is -1.86. The van der Waals surface area contributed by atoms with Crippen LogP contribution in [0.15, 0.2) is 39.6 Å². The van der Waals surface area contributed by atoms with Crippen LogP contribution in [-0.2, 0) is 19.1 Å². The summed E-state index contributed by atoms with van der Waals surface area (Å²) < 4.78 is 10.8. The number of carbonyl (C=O) groups is 2. The molecule has 0 bridgehead atoms. The number of thioether (sulfide) groups is 1. The van der Waals surface area contributed by atoms with Gasteiger partial charge in [0.05, 0.1) is 24.4 Å². The first kappa shape index (κ1) is 14.5. The average molecular weight is 309 g/mol. The van der Waals surface area contributed by atoms with E-state index in [1.165, 1.54) is 25.6 Å². The van der Waals surface area contributed by atoms with Crippen LogP contribution in [0.1, 0.15) is 0 Å². The van der Waals surface area contributed by atoms with Gasteiger partial charge in [-0.2, -0.15) is 0 Å². The lowest BCUT2D eigenvalue weighted by molar-refractivity contribution is -0.137. The molecule has 5 nitrogen and oxygen atoms in total. The number of thiazole rings is 1. The fraction of sp³-hybridized carbons (Fsp3) is 0.154. The van der Waals surface area contributed by atoms with E-state index in [0.717, 1.165) is 28.1 Å². The molecule has 0 saturated carbocycles. The van der Waals surface area contributed by atoms with E-state index in [-0.39, 0.29) is 4.91 Å². The lowest BCUT2D eigenvalue weighted by Gasteiger charge is -2.01. The van der Waals surface area contributed by atoms with E-state index in [2.05, 4.69) is 14.5 Å². The topological polar surface area (TPSA) is 65.5 Å². The Morgan fingerprint density at radius 1 is 1.25 bits per heavy atom. The average Bonchev–Trinajstić information content (AvgIpc) is 2.87. The Labute approximate surface area is 123 Å². The second-order valence-corrected chi connectivity index (χ2v) is 5.89. The first-order chi connectivity index (χ1) is 9.63. The number of methoxy groups -OCH3 is 2. The third kappa shape index (κ3) is 3.37. The summed E-state index contributed by atoms with van der Waals surface area (Å²) >= 11 is 2.52. The number of para-hydroxylation sites is 1. The van der Waals surface area contributed by atoms with Gasteiger partial charge in [-0.15, -0.1) is 11.3 Å². The molecule has 2 aromatic rings. The van der Waals surface area contributed by atoms with Crippen molar-refractivity contribution in [2.45, 2.75) is 4.34 Å². The standard InChI is InChI=1S/C13H11NO4S2/c1-17-11(15)7-10(12(16)18-2)20-13-14-8-5-3-4-6-9(8)19-13/h3-7H,1-2H3/b10-7-. The van der Waals surface area contributed by atoms with E-state index in [4.69, 9.17) is 0 Å². The van der Waals surface area contributed by atoms with Gasteiger partial charge in [0.25, 0.3) is 0 Å². The van der Waals surface area contributed by atoms with Crippen molar-refractivity contribution in [2.24, 2.45) is 0 Å². The number of hydrogen-bond donors (Lipinski definition) is 0. The number of carbonyl (C=O) groups excluding carboxylic acids is 2. The van der Waals surface area contributed by atoms with Crippen LogP contribution in [0, 0.1) is 0 Å². The molecule has 7 heteroatoms. The Morgan fingerprint density at radius 3 is 2.65 bits per heavy atom. The normalized spacial score (nSPS) is 11.4. The van der Waals surface area contributed by atoms with Crippen LogP contribution in [0.5, 0.6) is 0 Å². The molecule has 0 radical (unpaired) electrons. The molecule has 1 heterocycles. The SMILES string of the molecule is COC(=O)/C=C(\Sc1nc2ccccc2s1)C(=O)OC. The zero-order valence-corrected chi connectivity index (χ0v) is 12.4. The second kappa shape index (κ2) is 6.53. The molecule has 0 saturated heterocycles. The second-order valence-electron chi connectivity index (χ2n) is 3.57. The number of nitrogens with zero attached hydrogens (tertiary/aromatic N) is 1. The molecule has 0 atom stereocenters. The minimum atomic E-state index is -0.612. The molecule has 1 aromatic heterocycles. The number of ether oxygens (including phenoxy) is 2. The molecule has 0 unspecified atom stereocenters. The van der Waals surface area contributed by atoms with Crippen LogP contribution >= 0.6 is 23.1 Å². The van der Waals surface area contributed by atoms with Crippen molar-refractivity contribution >= 4 is 45.3 Å². The Balaban J connectivity index is 2.29. The summed E-state index contributed by atoms with van der Waals surface area (Å²) in [6.07, 6.45) is 1.10. The van der Waals surface area contributed by atoms with Crippen LogP contribution in [0.3, 0.4) is 0 Å². The largest absolute Gasteiger partial charge is 0.466 e. The van der Waals surface area contributed by atoms with E-state index in [0.29, 0.717) is 4.34 Å². The highest BCUT2D eigenvalue weighted by Crippen LogP contribution is 2.34. The maximum absolute atomic E-state index is 11.6. The number of benzene rings is 1. The molecular formula is C13H11NO4S2. The third-order valence-corrected chi connectivity index (χ3v) is 4.41. The van der Waals surface area contributed by atoms with Crippen LogP contribution in [-0.4, -0.2) is 31.1 Å². The molecule has 0 spiro atoms. The van der Waals surface area contributed by atoms with Gasteiger partial charge in [0.2, 0.25) is 0 Å². The van der Waals surface area contributed by atoms with E-state index >= 15 is 0 Å². The third-order valence-electron chi connectivity index (χ3n) is 2.31. The highest BCUT2D eigenvalue weighted by molar-refractivity contribution is 8.05. The summed E-state index contributed by atoms with van der Waals surface area (Å²) in [4.78, 5) is 27.4. The number of fused-ring (bicyclic) bond motifs is 1. The Kier molecular flexibility index (Phi) is 4.75. The molecule has 0 aliphatic carbocycles. The minimum Gasteiger partial charge on any atom is -0.466 e. The summed E-state index contributed by atoms with van der Waals surface area (Å²) in [5.74, 6) is -1.21. The van der Waals surface area contributed by atoms with Gasteiger partial charge in [0.1, 0.15) is 4.91 Å². The van der Waals surface area contributed by atoms with Crippen molar-refractivity contribution in [3.63, 3.8) is 0 Å². The van der Waals surface area contributed by atoms with Gasteiger partial charge in [0.15, 0.2) is 4.34 Å². The van der Waals surface area contributed by atoms with Gasteiger partial charge in [-0.25, -0.2) is 14.6 Å². The smallest absolute Gasteiger partial charge is 0.345 e. The van der Waals surface area contributed by atoms with E-state index < -0.39 is 11.9 Å². The highest BCUT2D eigenvalue weighted by Gasteiger charge is 2.16. The minimum absolute atomic E-state index is 0.137. The van der Waals surface area contributed by atoms with Crippen molar-refractivity contribution < 1.29 is 19.1 Å². The molecule has 0 aliphatic rings. The molecule has 0 aliphatic heterocycles. The van der Waals surface area contributed by atoms with Gasteiger partial charge in [-0.1, -0.05) is 23.9 Å². The fourth-order valence-electron chi connectivity index (χ4n) is 1.39. The lowest BCUT2D eigenvalue weighted by atomic mass is 10.3. The fourth-order valence-corrected chi connectivity index (χ4v) is 3.44. The molecule has 2 rings (SSSR count). The highest BCUT2D eigenvalue weighted by atomic mass is 32.2. The van der Waals surface area contributed by atoms with Gasteiger partial charge in [-0.3, -0.25) is 0 Å². The molecule has 0 N–H and O–H groups in total. The molecule has 1 aromatic carbocycles. The number of rotatable bonds is 4. The summed E-state index contributed by atoms with van der Waals surface area (Å²) in [5.41, 5.74) is 0.849. The quantitative estimate of drug-likeness (QED) is 0.491. The maximum Gasteiger partial charge on any atom is 0.345 e. The van der Waals surface area contributed by atoms with Gasteiger partial charge in [-0.05, 0) is 12.1 Å². The zero-order chi connectivity index (χ0) is 14.5. The lowest BCUT2D eigenvalue weighted by Crippen LogP contribution is -2.05. The first-order valence-corrected chi connectivity index (χ1v) is 7.18. The van der Waals surface area contributed by atoms with Crippen molar-refractivity contribution in [3.05, 3.63) is 35.2 Å².